The van der Waals surface area contributed by atoms with Gasteiger partial charge in [0.1, 0.15) is 0 Å². The van der Waals surface area contributed by atoms with Crippen LogP contribution in [0.2, 0.25) is 10.4 Å². The Kier molecular flexibility index (Phi) is 4.15. The molecule has 0 aliphatic rings. The molecule has 0 spiro atoms. The van der Waals surface area contributed by atoms with Crippen molar-refractivity contribution in [3.8, 4) is 0 Å². The van der Waals surface area contributed by atoms with Gasteiger partial charge in [0.2, 0.25) is 5.28 Å². The molecule has 90 valence electrons. The van der Waals surface area contributed by atoms with E-state index < -0.39 is 0 Å². The Morgan fingerprint density at radius 1 is 1.35 bits per heavy atom. The molecule has 2 rings (SSSR count). The van der Waals surface area contributed by atoms with Gasteiger partial charge in [-0.3, -0.25) is 0 Å². The van der Waals surface area contributed by atoms with Crippen molar-refractivity contribution in [2.45, 2.75) is 13.5 Å². The summed E-state index contributed by atoms with van der Waals surface area (Å²) >= 11 is 13.4. The molecule has 0 atom stereocenters. The van der Waals surface area contributed by atoms with Crippen LogP contribution >= 0.6 is 34.5 Å². The molecule has 2 heterocycles. The van der Waals surface area contributed by atoms with Gasteiger partial charge >= 0.3 is 0 Å². The Morgan fingerprint density at radius 2 is 2.18 bits per heavy atom. The van der Waals surface area contributed by atoms with Crippen LogP contribution in [-0.4, -0.2) is 21.7 Å². The molecule has 0 saturated heterocycles. The first-order chi connectivity index (χ1) is 8.20. The fourth-order valence-electron chi connectivity index (χ4n) is 1.41. The molecule has 0 aliphatic heterocycles. The largest absolute Gasteiger partial charge is 0.349 e. The minimum absolute atomic E-state index is 0.106. The van der Waals surface area contributed by atoms with E-state index in [0.717, 1.165) is 13.1 Å². The Hall–Kier alpha value is -0.910. The maximum Gasteiger partial charge on any atom is 0.245 e. The molecule has 2 aromatic rings. The van der Waals surface area contributed by atoms with Gasteiger partial charge in [0.15, 0.2) is 11.0 Å². The van der Waals surface area contributed by atoms with Crippen molar-refractivity contribution in [2.24, 2.45) is 0 Å². The summed E-state index contributed by atoms with van der Waals surface area (Å²) in [5.74, 6) is 0.572. The number of thiophene rings is 1. The first-order valence-corrected chi connectivity index (χ1v) is 6.67. The second kappa shape index (κ2) is 5.62. The van der Waals surface area contributed by atoms with Crippen molar-refractivity contribution in [2.75, 3.05) is 11.4 Å². The molecule has 0 radical (unpaired) electrons. The lowest BCUT2D eigenvalue weighted by Crippen LogP contribution is -2.23. The third kappa shape index (κ3) is 3.06. The number of hydrogen-bond acceptors (Lipinski definition) is 5. The van der Waals surface area contributed by atoms with Gasteiger partial charge in [-0.15, -0.1) is 21.5 Å². The fourth-order valence-corrected chi connectivity index (χ4v) is 2.45. The SMILES string of the molecule is CCN(Cc1cccs1)c1nc(Cl)nnc1Cl. The number of aromatic nitrogens is 3. The highest BCUT2D eigenvalue weighted by atomic mass is 35.5. The summed E-state index contributed by atoms with van der Waals surface area (Å²) in [6.45, 7) is 3.54. The predicted molar refractivity (Wildman–Crippen MR) is 70.9 cm³/mol. The topological polar surface area (TPSA) is 41.9 Å². The maximum absolute atomic E-state index is 5.98. The number of hydrogen-bond donors (Lipinski definition) is 0. The van der Waals surface area contributed by atoms with E-state index in [2.05, 4.69) is 21.2 Å². The Morgan fingerprint density at radius 3 is 2.82 bits per heavy atom. The second-order valence-electron chi connectivity index (χ2n) is 3.29. The van der Waals surface area contributed by atoms with Crippen LogP contribution in [0.3, 0.4) is 0 Å². The molecule has 0 amide bonds. The Labute approximate surface area is 113 Å². The van der Waals surface area contributed by atoms with E-state index in [-0.39, 0.29) is 10.4 Å². The molecule has 0 bridgehead atoms. The molecule has 4 nitrogen and oxygen atoms in total. The predicted octanol–water partition coefficient (Wildman–Crippen LogP) is 3.27. The van der Waals surface area contributed by atoms with Crippen molar-refractivity contribution in [1.82, 2.24) is 15.2 Å². The summed E-state index contributed by atoms with van der Waals surface area (Å²) < 4.78 is 0. The Bertz CT molecular complexity index is 489. The van der Waals surface area contributed by atoms with Crippen LogP contribution < -0.4 is 4.90 Å². The van der Waals surface area contributed by atoms with E-state index in [0.29, 0.717) is 5.82 Å². The number of rotatable bonds is 4. The lowest BCUT2D eigenvalue weighted by molar-refractivity contribution is 0.804. The molecule has 0 aliphatic carbocycles. The van der Waals surface area contributed by atoms with E-state index in [1.807, 2.05) is 23.3 Å². The first kappa shape index (κ1) is 12.5. The van der Waals surface area contributed by atoms with Crippen LogP contribution in [0.4, 0.5) is 5.82 Å². The van der Waals surface area contributed by atoms with Crippen LogP contribution in [0.15, 0.2) is 17.5 Å². The third-order valence-electron chi connectivity index (χ3n) is 2.21. The molecule has 0 fully saturated rings. The van der Waals surface area contributed by atoms with Crippen molar-refractivity contribution in [3.63, 3.8) is 0 Å². The van der Waals surface area contributed by atoms with Gasteiger partial charge in [-0.1, -0.05) is 17.7 Å². The molecule has 0 unspecified atom stereocenters. The van der Waals surface area contributed by atoms with E-state index in [9.17, 15) is 0 Å². The van der Waals surface area contributed by atoms with E-state index in [1.165, 1.54) is 4.88 Å². The summed E-state index contributed by atoms with van der Waals surface area (Å²) in [7, 11) is 0. The molecular formula is C10H10Cl2N4S. The van der Waals surface area contributed by atoms with Crippen LogP contribution in [-0.2, 0) is 6.54 Å². The summed E-state index contributed by atoms with van der Waals surface area (Å²) in [6.07, 6.45) is 0. The van der Waals surface area contributed by atoms with E-state index >= 15 is 0 Å². The normalized spacial score (nSPS) is 10.5. The maximum atomic E-state index is 5.98. The summed E-state index contributed by atoms with van der Waals surface area (Å²) in [5.41, 5.74) is 0. The highest BCUT2D eigenvalue weighted by molar-refractivity contribution is 7.09. The fraction of sp³-hybridized carbons (Fsp3) is 0.300. The van der Waals surface area contributed by atoms with E-state index in [1.54, 1.807) is 11.3 Å². The number of anilines is 1. The standard InChI is InChI=1S/C10H10Cl2N4S/c1-2-16(6-7-4-3-5-17-7)9-8(11)14-15-10(12)13-9/h3-5H,2,6H2,1H3. The minimum atomic E-state index is 0.106. The number of halogens is 2. The van der Waals surface area contributed by atoms with Crippen LogP contribution in [0, 0.1) is 0 Å². The summed E-state index contributed by atoms with van der Waals surface area (Å²) in [6, 6.07) is 4.08. The van der Waals surface area contributed by atoms with Gasteiger partial charge in [0, 0.05) is 11.4 Å². The first-order valence-electron chi connectivity index (χ1n) is 5.03. The summed E-state index contributed by atoms with van der Waals surface area (Å²) in [4.78, 5) is 7.36. The van der Waals surface area contributed by atoms with Crippen molar-refractivity contribution in [3.05, 3.63) is 32.8 Å². The quantitative estimate of drug-likeness (QED) is 0.866. The van der Waals surface area contributed by atoms with Gasteiger partial charge < -0.3 is 4.90 Å². The second-order valence-corrected chi connectivity index (χ2v) is 5.02. The summed E-state index contributed by atoms with van der Waals surface area (Å²) in [5, 5.41) is 9.78. The molecular weight excluding hydrogens is 279 g/mol. The lowest BCUT2D eigenvalue weighted by atomic mass is 10.4. The zero-order valence-electron chi connectivity index (χ0n) is 9.10. The smallest absolute Gasteiger partial charge is 0.245 e. The highest BCUT2D eigenvalue weighted by Gasteiger charge is 2.14. The zero-order chi connectivity index (χ0) is 12.3. The monoisotopic (exact) mass is 288 g/mol. The highest BCUT2D eigenvalue weighted by Crippen LogP contribution is 2.24. The van der Waals surface area contributed by atoms with Gasteiger partial charge in [-0.25, -0.2) is 0 Å². The van der Waals surface area contributed by atoms with Gasteiger partial charge in [0.25, 0.3) is 0 Å². The zero-order valence-corrected chi connectivity index (χ0v) is 11.4. The van der Waals surface area contributed by atoms with Gasteiger partial charge in [0.05, 0.1) is 6.54 Å². The van der Waals surface area contributed by atoms with Gasteiger partial charge in [-0.05, 0) is 30.0 Å². The molecule has 0 N–H and O–H groups in total. The average molecular weight is 289 g/mol. The van der Waals surface area contributed by atoms with Crippen LogP contribution in [0.5, 0.6) is 0 Å². The Balaban J connectivity index is 2.25. The molecule has 17 heavy (non-hydrogen) atoms. The van der Waals surface area contributed by atoms with Crippen LogP contribution in [0.1, 0.15) is 11.8 Å². The molecule has 7 heteroatoms. The van der Waals surface area contributed by atoms with E-state index in [4.69, 9.17) is 23.2 Å². The average Bonchev–Trinajstić information content (AvgIpc) is 2.82. The van der Waals surface area contributed by atoms with Crippen molar-refractivity contribution < 1.29 is 0 Å². The number of nitrogens with zero attached hydrogens (tertiary/aromatic N) is 4. The third-order valence-corrected chi connectivity index (χ3v) is 3.48. The van der Waals surface area contributed by atoms with Crippen molar-refractivity contribution in [1.29, 1.82) is 0 Å². The molecule has 2 aromatic heterocycles. The van der Waals surface area contributed by atoms with Gasteiger partial charge in [-0.2, -0.15) is 4.98 Å². The van der Waals surface area contributed by atoms with Crippen LogP contribution in [0.25, 0.3) is 0 Å². The molecule has 0 saturated carbocycles. The minimum Gasteiger partial charge on any atom is -0.349 e. The lowest BCUT2D eigenvalue weighted by Gasteiger charge is -2.21. The molecule has 0 aromatic carbocycles. The van der Waals surface area contributed by atoms with Crippen molar-refractivity contribution >= 4 is 40.4 Å².